The number of hydrogen-bond acceptors (Lipinski definition) is 3. The van der Waals surface area contributed by atoms with Crippen molar-refractivity contribution in [3.05, 3.63) is 63.3 Å². The van der Waals surface area contributed by atoms with Gasteiger partial charge in [0.15, 0.2) is 0 Å². The molecule has 0 unspecified atom stereocenters. The summed E-state index contributed by atoms with van der Waals surface area (Å²) in [6.45, 7) is 4.14. The van der Waals surface area contributed by atoms with Crippen LogP contribution >= 0.6 is 0 Å². The molecule has 0 bridgehead atoms. The Balaban J connectivity index is 1.83. The molecule has 3 nitrogen and oxygen atoms in total. The van der Waals surface area contributed by atoms with Crippen molar-refractivity contribution >= 4 is 16.7 Å². The van der Waals surface area contributed by atoms with Crippen LogP contribution in [-0.4, -0.2) is 13.1 Å². The maximum absolute atomic E-state index is 13.3. The van der Waals surface area contributed by atoms with Gasteiger partial charge in [-0.3, -0.25) is 0 Å². The fourth-order valence-corrected chi connectivity index (χ4v) is 4.61. The van der Waals surface area contributed by atoms with Gasteiger partial charge in [-0.1, -0.05) is 12.1 Å². The van der Waals surface area contributed by atoms with E-state index in [9.17, 15) is 9.18 Å². The number of halogens is 1. The lowest BCUT2D eigenvalue weighted by molar-refractivity contribution is 0.550. The molecule has 2 aliphatic heterocycles. The van der Waals surface area contributed by atoms with Crippen LogP contribution in [0.25, 0.3) is 22.1 Å². The summed E-state index contributed by atoms with van der Waals surface area (Å²) >= 11 is 0. The number of aryl methyl sites for hydroxylation is 3. The third-order valence-electron chi connectivity index (χ3n) is 5.78. The molecule has 0 saturated heterocycles. The van der Waals surface area contributed by atoms with E-state index in [0.29, 0.717) is 11.1 Å². The zero-order valence-corrected chi connectivity index (χ0v) is 14.8. The molecule has 0 amide bonds. The molecule has 5 rings (SSSR count). The molecule has 0 atom stereocenters. The molecule has 3 heterocycles. The SMILES string of the molecule is Cc1c(-c2ccc(F)cc2)c(=O)oc2c3c4c(cc12)CCCN4CCC3. The second-order valence-electron chi connectivity index (χ2n) is 7.33. The van der Waals surface area contributed by atoms with Crippen LogP contribution in [0.5, 0.6) is 0 Å². The number of nitrogens with zero attached hydrogens (tertiary/aromatic N) is 1. The molecule has 0 fully saturated rings. The number of anilines is 1. The number of rotatable bonds is 1. The zero-order chi connectivity index (χ0) is 17.8. The van der Waals surface area contributed by atoms with Crippen molar-refractivity contribution in [1.29, 1.82) is 0 Å². The Morgan fingerprint density at radius 1 is 1.08 bits per heavy atom. The van der Waals surface area contributed by atoms with Crippen molar-refractivity contribution < 1.29 is 8.81 Å². The molecule has 4 heteroatoms. The van der Waals surface area contributed by atoms with Crippen LogP contribution < -0.4 is 10.5 Å². The average Bonchev–Trinajstić information content (AvgIpc) is 2.65. The molecule has 0 N–H and O–H groups in total. The Morgan fingerprint density at radius 2 is 1.81 bits per heavy atom. The van der Waals surface area contributed by atoms with E-state index in [1.54, 1.807) is 12.1 Å². The summed E-state index contributed by atoms with van der Waals surface area (Å²) in [5.74, 6) is -0.310. The molecule has 0 aliphatic carbocycles. The smallest absolute Gasteiger partial charge is 0.344 e. The molecular formula is C22H20FNO2. The van der Waals surface area contributed by atoms with Crippen molar-refractivity contribution in [1.82, 2.24) is 0 Å². The van der Waals surface area contributed by atoms with Gasteiger partial charge in [0.05, 0.1) is 5.56 Å². The zero-order valence-electron chi connectivity index (χ0n) is 14.8. The molecule has 3 aromatic rings. The summed E-state index contributed by atoms with van der Waals surface area (Å²) < 4.78 is 19.1. The van der Waals surface area contributed by atoms with Crippen LogP contribution in [0.1, 0.15) is 29.5 Å². The Hall–Kier alpha value is -2.62. The minimum Gasteiger partial charge on any atom is -0.422 e. The molecule has 0 spiro atoms. The third-order valence-corrected chi connectivity index (χ3v) is 5.78. The van der Waals surface area contributed by atoms with E-state index in [-0.39, 0.29) is 11.4 Å². The Labute approximate surface area is 151 Å². The first-order valence-corrected chi connectivity index (χ1v) is 9.26. The Kier molecular flexibility index (Phi) is 3.42. The summed E-state index contributed by atoms with van der Waals surface area (Å²) in [7, 11) is 0. The average molecular weight is 349 g/mol. The molecule has 2 aromatic carbocycles. The molecule has 132 valence electrons. The van der Waals surface area contributed by atoms with Crippen LogP contribution in [0.15, 0.2) is 39.5 Å². The van der Waals surface area contributed by atoms with Crippen LogP contribution in [-0.2, 0) is 12.8 Å². The van der Waals surface area contributed by atoms with Gasteiger partial charge in [-0.05, 0) is 67.5 Å². The van der Waals surface area contributed by atoms with Gasteiger partial charge in [0.25, 0.3) is 0 Å². The van der Waals surface area contributed by atoms with E-state index >= 15 is 0 Å². The molecule has 26 heavy (non-hydrogen) atoms. The lowest BCUT2D eigenvalue weighted by Gasteiger charge is -2.37. The van der Waals surface area contributed by atoms with Gasteiger partial charge < -0.3 is 9.32 Å². The Bertz CT molecular complexity index is 1080. The highest BCUT2D eigenvalue weighted by Crippen LogP contribution is 2.41. The summed E-state index contributed by atoms with van der Waals surface area (Å²) in [5, 5.41) is 1.02. The fourth-order valence-electron chi connectivity index (χ4n) is 4.61. The largest absolute Gasteiger partial charge is 0.422 e. The van der Waals surface area contributed by atoms with Crippen LogP contribution in [0, 0.1) is 12.7 Å². The van der Waals surface area contributed by atoms with Crippen LogP contribution in [0.2, 0.25) is 0 Å². The van der Waals surface area contributed by atoms with Gasteiger partial charge in [0, 0.05) is 29.7 Å². The highest BCUT2D eigenvalue weighted by atomic mass is 19.1. The molecule has 2 aliphatic rings. The van der Waals surface area contributed by atoms with E-state index < -0.39 is 0 Å². The fraction of sp³-hybridized carbons (Fsp3) is 0.318. The highest BCUT2D eigenvalue weighted by Gasteiger charge is 2.28. The monoisotopic (exact) mass is 349 g/mol. The maximum Gasteiger partial charge on any atom is 0.344 e. The van der Waals surface area contributed by atoms with Gasteiger partial charge in [0.1, 0.15) is 11.4 Å². The van der Waals surface area contributed by atoms with Gasteiger partial charge >= 0.3 is 5.63 Å². The number of hydrogen-bond donors (Lipinski definition) is 0. The standard InChI is InChI=1S/C22H20FNO2/c1-13-18-12-15-4-2-10-24-11-3-5-17(20(15)24)21(18)26-22(25)19(13)14-6-8-16(23)9-7-14/h6-9,12H,2-5,10-11H2,1H3. The van der Waals surface area contributed by atoms with Gasteiger partial charge in [0.2, 0.25) is 0 Å². The van der Waals surface area contributed by atoms with Crippen molar-refractivity contribution in [3.63, 3.8) is 0 Å². The molecular weight excluding hydrogens is 329 g/mol. The quantitative estimate of drug-likeness (QED) is 0.602. The van der Waals surface area contributed by atoms with Crippen LogP contribution in [0.4, 0.5) is 10.1 Å². The normalized spacial score (nSPS) is 16.0. The first kappa shape index (κ1) is 15.6. The lowest BCUT2D eigenvalue weighted by atomic mass is 9.88. The first-order valence-electron chi connectivity index (χ1n) is 9.26. The second kappa shape index (κ2) is 5.70. The predicted molar refractivity (Wildman–Crippen MR) is 101 cm³/mol. The van der Waals surface area contributed by atoms with E-state index in [4.69, 9.17) is 4.42 Å². The van der Waals surface area contributed by atoms with E-state index in [2.05, 4.69) is 11.0 Å². The summed E-state index contributed by atoms with van der Waals surface area (Å²) in [6, 6.07) is 8.26. The molecule has 0 radical (unpaired) electrons. The van der Waals surface area contributed by atoms with Crippen molar-refractivity contribution in [2.45, 2.75) is 32.6 Å². The maximum atomic E-state index is 13.3. The second-order valence-corrected chi connectivity index (χ2v) is 7.33. The third kappa shape index (κ3) is 2.21. The molecule has 0 saturated carbocycles. The Morgan fingerprint density at radius 3 is 2.58 bits per heavy atom. The van der Waals surface area contributed by atoms with Crippen molar-refractivity contribution in [3.8, 4) is 11.1 Å². The highest BCUT2D eigenvalue weighted by molar-refractivity contribution is 5.93. The number of fused-ring (bicyclic) bond motifs is 2. The van der Waals surface area contributed by atoms with Gasteiger partial charge in [-0.15, -0.1) is 0 Å². The van der Waals surface area contributed by atoms with E-state index in [1.165, 1.54) is 35.4 Å². The van der Waals surface area contributed by atoms with Crippen molar-refractivity contribution in [2.24, 2.45) is 0 Å². The lowest BCUT2D eigenvalue weighted by Crippen LogP contribution is -2.34. The van der Waals surface area contributed by atoms with E-state index in [0.717, 1.165) is 48.9 Å². The van der Waals surface area contributed by atoms with Gasteiger partial charge in [-0.2, -0.15) is 0 Å². The van der Waals surface area contributed by atoms with Gasteiger partial charge in [-0.25, -0.2) is 9.18 Å². The van der Waals surface area contributed by atoms with Crippen LogP contribution in [0.3, 0.4) is 0 Å². The minimum absolute atomic E-state index is 0.310. The summed E-state index contributed by atoms with van der Waals surface area (Å²) in [5.41, 5.74) is 6.40. The van der Waals surface area contributed by atoms with E-state index in [1.807, 2.05) is 6.92 Å². The predicted octanol–water partition coefficient (Wildman–Crippen LogP) is 4.61. The first-order chi connectivity index (χ1) is 12.6. The number of benzene rings is 2. The summed E-state index contributed by atoms with van der Waals surface area (Å²) in [6.07, 6.45) is 4.28. The summed E-state index contributed by atoms with van der Waals surface area (Å²) in [4.78, 5) is 15.2. The molecule has 1 aromatic heterocycles. The van der Waals surface area contributed by atoms with Crippen molar-refractivity contribution in [2.75, 3.05) is 18.0 Å². The minimum atomic E-state index is -0.342. The topological polar surface area (TPSA) is 33.5 Å².